The summed E-state index contributed by atoms with van der Waals surface area (Å²) < 4.78 is 5.95. The van der Waals surface area contributed by atoms with Crippen LogP contribution in [-0.2, 0) is 13.0 Å². The average molecular weight is 433 g/mol. The number of aromatic nitrogens is 1. The lowest BCUT2D eigenvalue weighted by molar-refractivity contribution is 0.0958. The SMILES string of the molecule is C.CNC(=O)c1cc(Oc2ccc3c(c2)CN(C(=O)Nc2cccc(C)c2)CC3)ccn1. The van der Waals surface area contributed by atoms with E-state index in [0.29, 0.717) is 24.6 Å². The van der Waals surface area contributed by atoms with Gasteiger partial charge in [0.2, 0.25) is 0 Å². The molecule has 0 fully saturated rings. The van der Waals surface area contributed by atoms with Crippen molar-refractivity contribution in [3.05, 3.63) is 83.2 Å². The van der Waals surface area contributed by atoms with Crippen molar-refractivity contribution in [2.45, 2.75) is 27.3 Å². The van der Waals surface area contributed by atoms with Crippen LogP contribution in [0.1, 0.15) is 34.6 Å². The molecule has 0 atom stereocenters. The number of benzene rings is 2. The lowest BCUT2D eigenvalue weighted by Crippen LogP contribution is -2.38. The normalized spacial score (nSPS) is 12.2. The molecule has 2 heterocycles. The number of anilines is 1. The van der Waals surface area contributed by atoms with E-state index in [-0.39, 0.29) is 25.1 Å². The summed E-state index contributed by atoms with van der Waals surface area (Å²) in [7, 11) is 1.56. The molecule has 0 saturated carbocycles. The van der Waals surface area contributed by atoms with Crippen LogP contribution in [0.2, 0.25) is 0 Å². The third-order valence-corrected chi connectivity index (χ3v) is 5.17. The zero-order valence-electron chi connectivity index (χ0n) is 17.5. The van der Waals surface area contributed by atoms with Crippen LogP contribution >= 0.6 is 0 Å². The zero-order valence-corrected chi connectivity index (χ0v) is 17.5. The van der Waals surface area contributed by atoms with Crippen molar-refractivity contribution in [2.24, 2.45) is 0 Å². The van der Waals surface area contributed by atoms with E-state index in [9.17, 15) is 9.59 Å². The molecule has 3 amide bonds. The van der Waals surface area contributed by atoms with E-state index < -0.39 is 0 Å². The molecule has 2 aromatic carbocycles. The Morgan fingerprint density at radius 2 is 1.84 bits per heavy atom. The molecule has 2 N–H and O–H groups in total. The number of rotatable bonds is 4. The third-order valence-electron chi connectivity index (χ3n) is 5.17. The Morgan fingerprint density at radius 1 is 1.03 bits per heavy atom. The van der Waals surface area contributed by atoms with Gasteiger partial charge in [-0.2, -0.15) is 0 Å². The molecule has 0 radical (unpaired) electrons. The smallest absolute Gasteiger partial charge is 0.322 e. The topological polar surface area (TPSA) is 83.6 Å². The number of aryl methyl sites for hydroxylation is 1. The molecule has 32 heavy (non-hydrogen) atoms. The predicted octanol–water partition coefficient (Wildman–Crippen LogP) is 4.77. The molecule has 0 aliphatic carbocycles. The average Bonchev–Trinajstić information content (AvgIpc) is 2.78. The molecule has 1 aliphatic rings. The van der Waals surface area contributed by atoms with Gasteiger partial charge in [-0.3, -0.25) is 9.78 Å². The van der Waals surface area contributed by atoms with Gasteiger partial charge < -0.3 is 20.3 Å². The minimum absolute atomic E-state index is 0. The van der Waals surface area contributed by atoms with Gasteiger partial charge in [0, 0.05) is 38.1 Å². The molecule has 7 nitrogen and oxygen atoms in total. The minimum Gasteiger partial charge on any atom is -0.457 e. The highest BCUT2D eigenvalue weighted by Gasteiger charge is 2.21. The summed E-state index contributed by atoms with van der Waals surface area (Å²) in [6.07, 6.45) is 2.32. The first-order valence-electron chi connectivity index (χ1n) is 10.1. The lowest BCUT2D eigenvalue weighted by atomic mass is 10.00. The summed E-state index contributed by atoms with van der Waals surface area (Å²) >= 11 is 0. The van der Waals surface area contributed by atoms with E-state index >= 15 is 0 Å². The van der Waals surface area contributed by atoms with Gasteiger partial charge in [0.25, 0.3) is 5.91 Å². The molecule has 0 unspecified atom stereocenters. The molecule has 1 aromatic heterocycles. The second kappa shape index (κ2) is 9.96. The second-order valence-electron chi connectivity index (χ2n) is 7.46. The van der Waals surface area contributed by atoms with Gasteiger partial charge in [-0.05, 0) is 60.4 Å². The highest BCUT2D eigenvalue weighted by atomic mass is 16.5. The maximum atomic E-state index is 12.7. The summed E-state index contributed by atoms with van der Waals surface area (Å²) in [5, 5.41) is 5.52. The number of nitrogens with zero attached hydrogens (tertiary/aromatic N) is 2. The van der Waals surface area contributed by atoms with E-state index in [1.807, 2.05) is 49.4 Å². The van der Waals surface area contributed by atoms with Gasteiger partial charge in [0.1, 0.15) is 17.2 Å². The highest BCUT2D eigenvalue weighted by Crippen LogP contribution is 2.28. The van der Waals surface area contributed by atoms with E-state index in [0.717, 1.165) is 23.2 Å². The van der Waals surface area contributed by atoms with Crippen LogP contribution < -0.4 is 15.4 Å². The molecule has 0 saturated heterocycles. The van der Waals surface area contributed by atoms with Gasteiger partial charge in [0.15, 0.2) is 0 Å². The maximum Gasteiger partial charge on any atom is 0.322 e. The van der Waals surface area contributed by atoms with E-state index in [1.165, 1.54) is 11.8 Å². The number of carbonyl (C=O) groups is 2. The minimum atomic E-state index is -0.272. The summed E-state index contributed by atoms with van der Waals surface area (Å²) in [6, 6.07) is 16.8. The third kappa shape index (κ3) is 5.24. The van der Waals surface area contributed by atoms with Crippen molar-refractivity contribution >= 4 is 17.6 Å². The number of amides is 3. The molecule has 7 heteroatoms. The van der Waals surface area contributed by atoms with Gasteiger partial charge in [-0.25, -0.2) is 4.79 Å². The Morgan fingerprint density at radius 3 is 2.62 bits per heavy atom. The van der Waals surface area contributed by atoms with Crippen LogP contribution in [-0.4, -0.2) is 35.4 Å². The zero-order chi connectivity index (χ0) is 21.8. The number of carbonyl (C=O) groups excluding carboxylic acids is 2. The molecule has 3 aromatic rings. The van der Waals surface area contributed by atoms with Crippen LogP contribution in [0.15, 0.2) is 60.8 Å². The Bertz CT molecular complexity index is 1130. The first-order valence-corrected chi connectivity index (χ1v) is 10.1. The molecule has 0 bridgehead atoms. The second-order valence-corrected chi connectivity index (χ2v) is 7.46. The number of hydrogen-bond donors (Lipinski definition) is 2. The largest absolute Gasteiger partial charge is 0.457 e. The molecule has 1 aliphatic heterocycles. The number of fused-ring (bicyclic) bond motifs is 1. The summed E-state index contributed by atoms with van der Waals surface area (Å²) in [5.74, 6) is 0.901. The fraction of sp³-hybridized carbons (Fsp3) is 0.240. The van der Waals surface area contributed by atoms with Gasteiger partial charge in [-0.1, -0.05) is 25.6 Å². The highest BCUT2D eigenvalue weighted by molar-refractivity contribution is 5.92. The number of nitrogens with one attached hydrogen (secondary N) is 2. The fourth-order valence-electron chi connectivity index (χ4n) is 3.56. The molecular weight excluding hydrogens is 404 g/mol. The summed E-state index contributed by atoms with van der Waals surface area (Å²) in [4.78, 5) is 30.4. The van der Waals surface area contributed by atoms with Crippen molar-refractivity contribution in [2.75, 3.05) is 18.9 Å². The quantitative estimate of drug-likeness (QED) is 0.622. The van der Waals surface area contributed by atoms with Gasteiger partial charge in [-0.15, -0.1) is 0 Å². The van der Waals surface area contributed by atoms with Crippen LogP contribution in [0.4, 0.5) is 10.5 Å². The number of pyridine rings is 1. The first kappa shape index (κ1) is 22.8. The van der Waals surface area contributed by atoms with E-state index in [4.69, 9.17) is 4.74 Å². The van der Waals surface area contributed by atoms with Crippen LogP contribution in [0.3, 0.4) is 0 Å². The van der Waals surface area contributed by atoms with Gasteiger partial charge >= 0.3 is 6.03 Å². The summed E-state index contributed by atoms with van der Waals surface area (Å²) in [5.41, 5.74) is 4.42. The van der Waals surface area contributed by atoms with Gasteiger partial charge in [0.05, 0.1) is 0 Å². The lowest BCUT2D eigenvalue weighted by Gasteiger charge is -2.29. The molecular formula is C25H28N4O3. The Labute approximate surface area is 188 Å². The Balaban J connectivity index is 0.00000289. The van der Waals surface area contributed by atoms with E-state index in [2.05, 4.69) is 15.6 Å². The standard InChI is InChI=1S/C24H24N4O3.CH4/c1-16-4-3-5-19(12-16)27-24(30)28-11-9-17-6-7-20(13-18(17)15-28)31-21-8-10-26-22(14-21)23(29)25-2;/h3-8,10,12-14H,9,11,15H2,1-2H3,(H,25,29)(H,27,30);1H4. The molecule has 166 valence electrons. The molecule has 0 spiro atoms. The van der Waals surface area contributed by atoms with Crippen LogP contribution in [0.25, 0.3) is 0 Å². The van der Waals surface area contributed by atoms with Crippen molar-refractivity contribution in [1.82, 2.24) is 15.2 Å². The number of hydrogen-bond acceptors (Lipinski definition) is 4. The monoisotopic (exact) mass is 432 g/mol. The fourth-order valence-corrected chi connectivity index (χ4v) is 3.56. The number of urea groups is 1. The van der Waals surface area contributed by atoms with Crippen molar-refractivity contribution < 1.29 is 14.3 Å². The summed E-state index contributed by atoms with van der Waals surface area (Å²) in [6.45, 7) is 3.16. The van der Waals surface area contributed by atoms with Crippen molar-refractivity contribution in [3.63, 3.8) is 0 Å². The first-order chi connectivity index (χ1) is 15.0. The van der Waals surface area contributed by atoms with Crippen LogP contribution in [0.5, 0.6) is 11.5 Å². The Hall–Kier alpha value is -3.87. The predicted molar refractivity (Wildman–Crippen MR) is 125 cm³/mol. The van der Waals surface area contributed by atoms with Crippen molar-refractivity contribution in [3.8, 4) is 11.5 Å². The number of ether oxygens (including phenoxy) is 1. The maximum absolute atomic E-state index is 12.7. The van der Waals surface area contributed by atoms with E-state index in [1.54, 1.807) is 24.1 Å². The van der Waals surface area contributed by atoms with Crippen LogP contribution in [0, 0.1) is 6.92 Å². The Kier molecular flexibility index (Phi) is 7.10. The molecule has 4 rings (SSSR count). The van der Waals surface area contributed by atoms with Crippen molar-refractivity contribution in [1.29, 1.82) is 0 Å².